The highest BCUT2D eigenvalue weighted by atomic mass is 32.2. The minimum atomic E-state index is -3.51. The van der Waals surface area contributed by atoms with E-state index in [4.69, 9.17) is 18.0 Å². The lowest BCUT2D eigenvalue weighted by atomic mass is 9.93. The summed E-state index contributed by atoms with van der Waals surface area (Å²) in [6.07, 6.45) is 0. The second-order valence-corrected chi connectivity index (χ2v) is 9.23. The van der Waals surface area contributed by atoms with Crippen LogP contribution in [-0.2, 0) is 10.0 Å². The molecule has 0 saturated carbocycles. The molecule has 0 amide bonds. The Labute approximate surface area is 130 Å². The van der Waals surface area contributed by atoms with Crippen LogP contribution >= 0.6 is 23.6 Å². The highest BCUT2D eigenvalue weighted by Crippen LogP contribution is 2.22. The Kier molecular flexibility index (Phi) is 5.68. The molecule has 20 heavy (non-hydrogen) atoms. The summed E-state index contributed by atoms with van der Waals surface area (Å²) in [5.74, 6) is 0. The predicted molar refractivity (Wildman–Crippen MR) is 87.7 cm³/mol. The van der Waals surface area contributed by atoms with Crippen molar-refractivity contribution in [2.45, 2.75) is 18.1 Å². The van der Waals surface area contributed by atoms with Gasteiger partial charge in [-0.1, -0.05) is 26.1 Å². The molecule has 0 saturated heterocycles. The monoisotopic (exact) mass is 335 g/mol. The Morgan fingerprint density at radius 1 is 1.45 bits per heavy atom. The van der Waals surface area contributed by atoms with E-state index in [1.807, 2.05) is 32.8 Å². The Morgan fingerprint density at radius 2 is 2.05 bits per heavy atom. The van der Waals surface area contributed by atoms with Crippen LogP contribution in [0.3, 0.4) is 0 Å². The molecule has 0 unspecified atom stereocenters. The van der Waals surface area contributed by atoms with E-state index in [1.54, 1.807) is 6.07 Å². The molecule has 114 valence electrons. The lowest BCUT2D eigenvalue weighted by Crippen LogP contribution is -2.39. The fourth-order valence-electron chi connectivity index (χ4n) is 1.87. The van der Waals surface area contributed by atoms with Crippen molar-refractivity contribution in [3.8, 4) is 0 Å². The number of thiophene rings is 1. The predicted octanol–water partition coefficient (Wildman–Crippen LogP) is 1.25. The fraction of sp³-hybridized carbons (Fsp3) is 0.583. The number of rotatable bonds is 7. The molecule has 0 aliphatic carbocycles. The molecular weight excluding hydrogens is 314 g/mol. The van der Waals surface area contributed by atoms with Gasteiger partial charge in [-0.3, -0.25) is 0 Å². The van der Waals surface area contributed by atoms with Crippen molar-refractivity contribution in [1.82, 2.24) is 9.62 Å². The molecule has 0 spiro atoms. The Bertz CT molecular complexity index is 577. The van der Waals surface area contributed by atoms with Crippen molar-refractivity contribution in [3.05, 3.63) is 17.0 Å². The van der Waals surface area contributed by atoms with Gasteiger partial charge in [0.15, 0.2) is 0 Å². The first-order chi connectivity index (χ1) is 9.03. The van der Waals surface area contributed by atoms with Crippen LogP contribution in [-0.4, -0.2) is 45.5 Å². The number of hydrogen-bond donors (Lipinski definition) is 2. The first-order valence-electron chi connectivity index (χ1n) is 6.07. The van der Waals surface area contributed by atoms with Gasteiger partial charge in [0.1, 0.15) is 9.20 Å². The minimum Gasteiger partial charge on any atom is -0.389 e. The fourth-order valence-corrected chi connectivity index (χ4v) is 4.51. The van der Waals surface area contributed by atoms with Crippen molar-refractivity contribution in [1.29, 1.82) is 0 Å². The van der Waals surface area contributed by atoms with E-state index in [1.165, 1.54) is 6.07 Å². The zero-order chi connectivity index (χ0) is 15.6. The van der Waals surface area contributed by atoms with E-state index in [0.717, 1.165) is 17.9 Å². The molecular formula is C12H21N3O2S3. The largest absolute Gasteiger partial charge is 0.389 e. The molecule has 0 radical (unpaired) electrons. The average molecular weight is 336 g/mol. The lowest BCUT2D eigenvalue weighted by Gasteiger charge is -2.28. The molecule has 1 aromatic heterocycles. The van der Waals surface area contributed by atoms with Crippen LogP contribution in [0.25, 0.3) is 0 Å². The van der Waals surface area contributed by atoms with E-state index in [-0.39, 0.29) is 14.6 Å². The summed E-state index contributed by atoms with van der Waals surface area (Å²) in [4.78, 5) is 2.85. The van der Waals surface area contributed by atoms with Crippen LogP contribution in [0.1, 0.15) is 18.7 Å². The molecule has 0 atom stereocenters. The molecule has 0 aliphatic heterocycles. The number of thiocarbonyl (C=S) groups is 1. The Balaban J connectivity index is 2.77. The summed E-state index contributed by atoms with van der Waals surface area (Å²) in [5.41, 5.74) is 5.34. The van der Waals surface area contributed by atoms with Gasteiger partial charge in [-0.25, -0.2) is 13.1 Å². The Morgan fingerprint density at radius 3 is 2.50 bits per heavy atom. The zero-order valence-corrected chi connectivity index (χ0v) is 14.6. The molecule has 1 rings (SSSR count). The average Bonchev–Trinajstić information content (AvgIpc) is 2.75. The topological polar surface area (TPSA) is 75.4 Å². The van der Waals surface area contributed by atoms with E-state index >= 15 is 0 Å². The second kappa shape index (κ2) is 6.48. The molecule has 1 heterocycles. The third kappa shape index (κ3) is 5.10. The van der Waals surface area contributed by atoms with Gasteiger partial charge in [-0.2, -0.15) is 0 Å². The van der Waals surface area contributed by atoms with Gasteiger partial charge in [-0.05, 0) is 31.6 Å². The third-order valence-corrected chi connectivity index (χ3v) is 5.93. The van der Waals surface area contributed by atoms with E-state index in [0.29, 0.717) is 11.4 Å². The highest BCUT2D eigenvalue weighted by molar-refractivity contribution is 7.91. The molecule has 0 aliphatic rings. The van der Waals surface area contributed by atoms with Gasteiger partial charge in [0.25, 0.3) is 0 Å². The first kappa shape index (κ1) is 17.5. The van der Waals surface area contributed by atoms with Crippen LogP contribution in [0, 0.1) is 5.41 Å². The van der Waals surface area contributed by atoms with Gasteiger partial charge in [-0.15, -0.1) is 11.3 Å². The number of sulfonamides is 1. The number of hydrogen-bond acceptors (Lipinski definition) is 5. The number of nitrogens with two attached hydrogens (primary N) is 1. The first-order valence-corrected chi connectivity index (χ1v) is 8.78. The Hall–Kier alpha value is -0.540. The van der Waals surface area contributed by atoms with E-state index in [9.17, 15) is 8.42 Å². The summed E-state index contributed by atoms with van der Waals surface area (Å²) in [6.45, 7) is 5.20. The summed E-state index contributed by atoms with van der Waals surface area (Å²) in [5, 5.41) is 0. The van der Waals surface area contributed by atoms with Crippen LogP contribution in [0.15, 0.2) is 16.3 Å². The van der Waals surface area contributed by atoms with Crippen LogP contribution < -0.4 is 10.5 Å². The van der Waals surface area contributed by atoms with Crippen molar-refractivity contribution >= 4 is 38.6 Å². The van der Waals surface area contributed by atoms with Crippen LogP contribution in [0.2, 0.25) is 0 Å². The molecule has 1 aromatic rings. The van der Waals surface area contributed by atoms with E-state index < -0.39 is 10.0 Å². The van der Waals surface area contributed by atoms with Crippen molar-refractivity contribution < 1.29 is 8.42 Å². The minimum absolute atomic E-state index is 0.153. The maximum Gasteiger partial charge on any atom is 0.250 e. The zero-order valence-electron chi connectivity index (χ0n) is 12.1. The van der Waals surface area contributed by atoms with Gasteiger partial charge in [0.2, 0.25) is 10.0 Å². The van der Waals surface area contributed by atoms with Gasteiger partial charge >= 0.3 is 0 Å². The summed E-state index contributed by atoms with van der Waals surface area (Å²) in [7, 11) is 0.417. The summed E-state index contributed by atoms with van der Waals surface area (Å²) < 4.78 is 27.3. The second-order valence-electron chi connectivity index (χ2n) is 5.71. The number of nitrogens with zero attached hydrogens (tertiary/aromatic N) is 1. The summed E-state index contributed by atoms with van der Waals surface area (Å²) in [6, 6.07) is 3.16. The van der Waals surface area contributed by atoms with Crippen molar-refractivity contribution in [2.75, 3.05) is 27.2 Å². The maximum atomic E-state index is 12.2. The molecule has 0 aromatic carbocycles. The molecule has 5 nitrogen and oxygen atoms in total. The molecule has 0 bridgehead atoms. The van der Waals surface area contributed by atoms with Crippen LogP contribution in [0.4, 0.5) is 0 Å². The molecule has 0 fully saturated rings. The van der Waals surface area contributed by atoms with Gasteiger partial charge in [0, 0.05) is 13.1 Å². The van der Waals surface area contributed by atoms with E-state index in [2.05, 4.69) is 4.72 Å². The third-order valence-electron chi connectivity index (χ3n) is 2.57. The summed E-state index contributed by atoms with van der Waals surface area (Å²) >= 11 is 5.92. The van der Waals surface area contributed by atoms with Crippen LogP contribution in [0.5, 0.6) is 0 Å². The lowest BCUT2D eigenvalue weighted by molar-refractivity contribution is 0.242. The normalized spacial score (nSPS) is 12.8. The number of nitrogens with one attached hydrogen (secondary N) is 1. The van der Waals surface area contributed by atoms with Gasteiger partial charge < -0.3 is 10.6 Å². The smallest absolute Gasteiger partial charge is 0.250 e. The van der Waals surface area contributed by atoms with Crippen molar-refractivity contribution in [3.63, 3.8) is 0 Å². The van der Waals surface area contributed by atoms with Gasteiger partial charge in [0.05, 0.1) is 4.88 Å². The molecule has 3 N–H and O–H groups in total. The quantitative estimate of drug-likeness (QED) is 0.734. The standard InChI is InChI=1S/C12H21N3O2S3/c1-12(2,8-15(3)4)7-14-20(16,17)10-6-5-9(19-10)11(13)18/h5-6,14H,7-8H2,1-4H3,(H2,13,18). The molecule has 8 heteroatoms. The maximum absolute atomic E-state index is 12.2. The SMILES string of the molecule is CN(C)CC(C)(C)CNS(=O)(=O)c1ccc(C(N)=S)s1. The highest BCUT2D eigenvalue weighted by Gasteiger charge is 2.24. The van der Waals surface area contributed by atoms with Crippen molar-refractivity contribution in [2.24, 2.45) is 11.1 Å².